The van der Waals surface area contributed by atoms with Crippen molar-refractivity contribution in [3.05, 3.63) is 56.6 Å². The summed E-state index contributed by atoms with van der Waals surface area (Å²) in [5.74, 6) is 1.15. The first-order valence-corrected chi connectivity index (χ1v) is 11.5. The molecule has 5 rings (SSSR count). The van der Waals surface area contributed by atoms with Crippen molar-refractivity contribution in [2.24, 2.45) is 0 Å². The number of ether oxygens (including phenoxy) is 2. The molecule has 1 fully saturated rings. The van der Waals surface area contributed by atoms with E-state index in [-0.39, 0.29) is 31.2 Å². The van der Waals surface area contributed by atoms with Gasteiger partial charge in [0.25, 0.3) is 5.56 Å². The highest BCUT2D eigenvalue weighted by molar-refractivity contribution is 7.71. The highest BCUT2D eigenvalue weighted by atomic mass is 32.1. The number of aromatic nitrogens is 2. The Hall–Kier alpha value is -3.33. The zero-order chi connectivity index (χ0) is 23.1. The number of nitrogens with one attached hydrogen (secondary N) is 1. The zero-order valence-corrected chi connectivity index (χ0v) is 19.5. The molecule has 2 aliphatic rings. The molecular weight excluding hydrogens is 440 g/mol. The van der Waals surface area contributed by atoms with E-state index in [0.717, 1.165) is 13.1 Å². The maximum atomic E-state index is 13.0. The summed E-state index contributed by atoms with van der Waals surface area (Å²) in [7, 11) is 0. The number of carbonyl (C=O) groups excluding carboxylic acids is 1. The monoisotopic (exact) mass is 466 g/mol. The van der Waals surface area contributed by atoms with E-state index in [4.69, 9.17) is 21.7 Å². The quantitative estimate of drug-likeness (QED) is 0.595. The van der Waals surface area contributed by atoms with Crippen molar-refractivity contribution < 1.29 is 14.3 Å². The molecule has 0 spiro atoms. The number of amides is 1. The van der Waals surface area contributed by atoms with Crippen LogP contribution in [0, 0.1) is 18.6 Å². The largest absolute Gasteiger partial charge is 0.454 e. The second-order valence-electron chi connectivity index (χ2n) is 8.47. The van der Waals surface area contributed by atoms with Crippen LogP contribution in [0.25, 0.3) is 10.9 Å². The van der Waals surface area contributed by atoms with Crippen LogP contribution in [0.15, 0.2) is 35.1 Å². The van der Waals surface area contributed by atoms with Gasteiger partial charge in [0.1, 0.15) is 0 Å². The lowest BCUT2D eigenvalue weighted by Gasteiger charge is -2.37. The summed E-state index contributed by atoms with van der Waals surface area (Å²) in [6.45, 7) is 7.52. The Morgan fingerprint density at radius 2 is 1.82 bits per heavy atom. The lowest BCUT2D eigenvalue weighted by Crippen LogP contribution is -2.49. The predicted octanol–water partition coefficient (Wildman–Crippen LogP) is 3.14. The first-order chi connectivity index (χ1) is 15.9. The van der Waals surface area contributed by atoms with Crippen LogP contribution >= 0.6 is 12.2 Å². The normalized spacial score (nSPS) is 15.3. The highest BCUT2D eigenvalue weighted by Gasteiger charge is 2.23. The molecule has 172 valence electrons. The molecule has 1 saturated heterocycles. The summed E-state index contributed by atoms with van der Waals surface area (Å²) >= 11 is 5.40. The topological polar surface area (TPSA) is 79.8 Å². The Morgan fingerprint density at radius 3 is 2.58 bits per heavy atom. The van der Waals surface area contributed by atoms with Gasteiger partial charge in [0, 0.05) is 50.9 Å². The van der Waals surface area contributed by atoms with Gasteiger partial charge in [-0.1, -0.05) is 12.1 Å². The minimum absolute atomic E-state index is 0.0303. The average Bonchev–Trinajstić information content (AvgIpc) is 3.27. The molecule has 0 atom stereocenters. The summed E-state index contributed by atoms with van der Waals surface area (Å²) in [5.41, 5.74) is 4.15. The number of anilines is 1. The summed E-state index contributed by atoms with van der Waals surface area (Å²) in [6, 6.07) is 9.72. The van der Waals surface area contributed by atoms with Crippen molar-refractivity contribution in [3.8, 4) is 11.5 Å². The van der Waals surface area contributed by atoms with Crippen LogP contribution in [0.5, 0.6) is 11.5 Å². The van der Waals surface area contributed by atoms with Crippen LogP contribution < -0.4 is 19.9 Å². The van der Waals surface area contributed by atoms with Crippen LogP contribution in [-0.2, 0) is 11.3 Å². The van der Waals surface area contributed by atoms with Crippen LogP contribution in [-0.4, -0.2) is 53.3 Å². The minimum atomic E-state index is -0.236. The first-order valence-electron chi connectivity index (χ1n) is 11.1. The third-order valence-corrected chi connectivity index (χ3v) is 6.90. The number of carbonyl (C=O) groups is 1. The molecule has 3 aromatic rings. The first kappa shape index (κ1) is 21.5. The van der Waals surface area contributed by atoms with E-state index in [1.54, 1.807) is 12.1 Å². The van der Waals surface area contributed by atoms with Crippen molar-refractivity contribution >= 4 is 34.7 Å². The van der Waals surface area contributed by atoms with E-state index in [1.165, 1.54) is 21.4 Å². The highest BCUT2D eigenvalue weighted by Crippen LogP contribution is 2.34. The standard InChI is InChI=1S/C24H26N4O4S/c1-15-4-3-5-19(16(15)2)26-8-10-27(11-9-26)22(29)6-7-28-23(30)17-12-20-21(32-14-31-20)13-18(17)25-24(28)33/h3-5,12-13H,6-11,14H2,1-2H3,(H,25,33). The summed E-state index contributed by atoms with van der Waals surface area (Å²) < 4.78 is 12.5. The predicted molar refractivity (Wildman–Crippen MR) is 129 cm³/mol. The Balaban J connectivity index is 1.26. The molecule has 1 amide bonds. The number of H-pyrrole nitrogens is 1. The molecule has 0 radical (unpaired) electrons. The molecule has 3 heterocycles. The Kier molecular flexibility index (Phi) is 5.57. The molecule has 9 heteroatoms. The maximum Gasteiger partial charge on any atom is 0.262 e. The molecular formula is C24H26N4O4S. The fourth-order valence-electron chi connectivity index (χ4n) is 4.49. The minimum Gasteiger partial charge on any atom is -0.454 e. The lowest BCUT2D eigenvalue weighted by molar-refractivity contribution is -0.131. The van der Waals surface area contributed by atoms with Gasteiger partial charge in [-0.2, -0.15) is 0 Å². The Labute approximate surface area is 196 Å². The third-order valence-electron chi connectivity index (χ3n) is 6.57. The summed E-state index contributed by atoms with van der Waals surface area (Å²) in [6.07, 6.45) is 0.219. The number of aromatic amines is 1. The molecule has 0 bridgehead atoms. The van der Waals surface area contributed by atoms with Crippen molar-refractivity contribution in [1.82, 2.24) is 14.5 Å². The third kappa shape index (κ3) is 3.97. The molecule has 0 unspecified atom stereocenters. The second-order valence-corrected chi connectivity index (χ2v) is 8.86. The Bertz CT molecular complexity index is 1360. The van der Waals surface area contributed by atoms with Gasteiger partial charge < -0.3 is 24.3 Å². The molecule has 2 aromatic carbocycles. The smallest absolute Gasteiger partial charge is 0.262 e. The summed E-state index contributed by atoms with van der Waals surface area (Å²) in [4.78, 5) is 33.2. The van der Waals surface area contributed by atoms with Crippen LogP contribution in [0.2, 0.25) is 0 Å². The molecule has 33 heavy (non-hydrogen) atoms. The Morgan fingerprint density at radius 1 is 1.09 bits per heavy atom. The van der Waals surface area contributed by atoms with E-state index < -0.39 is 0 Å². The van der Waals surface area contributed by atoms with Gasteiger partial charge in [-0.15, -0.1) is 0 Å². The molecule has 0 aliphatic carbocycles. The average molecular weight is 467 g/mol. The van der Waals surface area contributed by atoms with Gasteiger partial charge in [-0.05, 0) is 49.3 Å². The van der Waals surface area contributed by atoms with Gasteiger partial charge in [-0.3, -0.25) is 14.2 Å². The van der Waals surface area contributed by atoms with Gasteiger partial charge >= 0.3 is 0 Å². The number of nitrogens with zero attached hydrogens (tertiary/aromatic N) is 3. The number of benzene rings is 2. The van der Waals surface area contributed by atoms with Gasteiger partial charge in [-0.25, -0.2) is 0 Å². The number of piperazine rings is 1. The molecule has 2 aliphatic heterocycles. The van der Waals surface area contributed by atoms with Crippen molar-refractivity contribution in [2.75, 3.05) is 37.9 Å². The fourth-order valence-corrected chi connectivity index (χ4v) is 4.77. The van der Waals surface area contributed by atoms with Crippen LogP contribution in [0.1, 0.15) is 17.5 Å². The summed E-state index contributed by atoms with van der Waals surface area (Å²) in [5, 5.41) is 0.461. The lowest BCUT2D eigenvalue weighted by atomic mass is 10.1. The van der Waals surface area contributed by atoms with Crippen LogP contribution in [0.3, 0.4) is 0 Å². The number of rotatable bonds is 4. The van der Waals surface area contributed by atoms with Gasteiger partial charge in [0.05, 0.1) is 10.9 Å². The number of hydrogen-bond acceptors (Lipinski definition) is 6. The van der Waals surface area contributed by atoms with E-state index in [2.05, 4.69) is 41.9 Å². The second kappa shape index (κ2) is 8.55. The number of aryl methyl sites for hydroxylation is 1. The number of fused-ring (bicyclic) bond motifs is 2. The van der Waals surface area contributed by atoms with E-state index in [9.17, 15) is 9.59 Å². The number of hydrogen-bond donors (Lipinski definition) is 1. The fraction of sp³-hybridized carbons (Fsp3) is 0.375. The van der Waals surface area contributed by atoms with Crippen molar-refractivity contribution in [1.29, 1.82) is 0 Å². The maximum absolute atomic E-state index is 13.0. The van der Waals surface area contributed by atoms with E-state index in [1.807, 2.05) is 4.90 Å². The molecule has 0 saturated carbocycles. The zero-order valence-electron chi connectivity index (χ0n) is 18.7. The van der Waals surface area contributed by atoms with Crippen LogP contribution in [0.4, 0.5) is 5.69 Å². The van der Waals surface area contributed by atoms with Gasteiger partial charge in [0.15, 0.2) is 16.3 Å². The molecule has 1 aromatic heterocycles. The molecule has 8 nitrogen and oxygen atoms in total. The van der Waals surface area contributed by atoms with Crippen molar-refractivity contribution in [2.45, 2.75) is 26.8 Å². The molecule has 1 N–H and O–H groups in total. The SMILES string of the molecule is Cc1cccc(N2CCN(C(=O)CCn3c(=S)[nH]c4cc5c(cc4c3=O)OCO5)CC2)c1C. The van der Waals surface area contributed by atoms with Crippen molar-refractivity contribution in [3.63, 3.8) is 0 Å². The van der Waals surface area contributed by atoms with E-state index in [0.29, 0.717) is 40.3 Å². The van der Waals surface area contributed by atoms with Gasteiger partial charge in [0.2, 0.25) is 12.7 Å². The van der Waals surface area contributed by atoms with E-state index >= 15 is 0 Å².